The van der Waals surface area contributed by atoms with Crippen molar-refractivity contribution in [3.05, 3.63) is 40.3 Å². The Morgan fingerprint density at radius 3 is 2.27 bits per heavy atom. The summed E-state index contributed by atoms with van der Waals surface area (Å²) in [7, 11) is 0. The molecule has 1 rings (SSSR count). The van der Waals surface area contributed by atoms with Crippen molar-refractivity contribution in [3.8, 4) is 0 Å². The summed E-state index contributed by atoms with van der Waals surface area (Å²) in [5, 5.41) is 2.71. The molecule has 0 heterocycles. The molecular formula is C11H13NO3. The van der Waals surface area contributed by atoms with E-state index < -0.39 is 11.7 Å². The van der Waals surface area contributed by atoms with Gasteiger partial charge in [-0.25, -0.2) is 4.79 Å². The van der Waals surface area contributed by atoms with Crippen LogP contribution in [0.3, 0.4) is 0 Å². The van der Waals surface area contributed by atoms with Crippen LogP contribution in [0.4, 0.5) is 0 Å². The van der Waals surface area contributed by atoms with E-state index in [1.807, 2.05) is 6.92 Å². The molecule has 0 saturated heterocycles. The zero-order chi connectivity index (χ0) is 11.5. The molecule has 0 N–H and O–H groups in total. The number of benzene rings is 1. The zero-order valence-corrected chi connectivity index (χ0v) is 8.98. The molecule has 0 aromatic heterocycles. The third kappa shape index (κ3) is 3.16. The van der Waals surface area contributed by atoms with E-state index in [9.17, 15) is 9.70 Å². The quantitative estimate of drug-likeness (QED) is 0.565. The maximum absolute atomic E-state index is 11.5. The number of nitroso groups, excluding NO2 is 1. The number of carbonyl (C=O) groups is 1. The molecule has 0 unspecified atom stereocenters. The van der Waals surface area contributed by atoms with Crippen molar-refractivity contribution in [1.82, 2.24) is 0 Å². The first-order chi connectivity index (χ1) is 6.94. The van der Waals surface area contributed by atoms with Crippen LogP contribution in [-0.4, -0.2) is 11.7 Å². The summed E-state index contributed by atoms with van der Waals surface area (Å²) in [5.41, 5.74) is 0.152. The van der Waals surface area contributed by atoms with Crippen molar-refractivity contribution in [3.63, 3.8) is 0 Å². The molecule has 0 bridgehead atoms. The second-order valence-corrected chi connectivity index (χ2v) is 3.79. The first-order valence-electron chi connectivity index (χ1n) is 4.59. The molecular weight excluding hydrogens is 194 g/mol. The van der Waals surface area contributed by atoms with E-state index in [1.165, 1.54) is 13.8 Å². The Bertz CT molecular complexity index is 368. The minimum Gasteiger partial charge on any atom is -0.431 e. The van der Waals surface area contributed by atoms with Crippen LogP contribution in [0.5, 0.6) is 0 Å². The number of esters is 1. The average molecular weight is 207 g/mol. The predicted molar refractivity (Wildman–Crippen MR) is 56.5 cm³/mol. The number of hydrogen-bond donors (Lipinski definition) is 0. The first-order valence-corrected chi connectivity index (χ1v) is 4.59. The molecule has 1 aromatic carbocycles. The number of carbonyl (C=O) groups excluding carboxylic acids is 1. The van der Waals surface area contributed by atoms with E-state index in [-0.39, 0.29) is 0 Å². The van der Waals surface area contributed by atoms with Crippen LogP contribution in [-0.2, 0) is 4.74 Å². The van der Waals surface area contributed by atoms with Gasteiger partial charge in [0.25, 0.3) is 0 Å². The molecule has 4 heteroatoms. The highest BCUT2D eigenvalue weighted by Crippen LogP contribution is 2.14. The fourth-order valence-corrected chi connectivity index (χ4v) is 0.994. The van der Waals surface area contributed by atoms with Gasteiger partial charge in [0, 0.05) is 0 Å². The molecule has 0 radical (unpaired) electrons. The number of rotatable bonds is 3. The van der Waals surface area contributed by atoms with Gasteiger partial charge >= 0.3 is 5.97 Å². The van der Waals surface area contributed by atoms with Gasteiger partial charge in [-0.1, -0.05) is 17.7 Å². The minimum absolute atomic E-state index is 0.414. The molecule has 0 fully saturated rings. The van der Waals surface area contributed by atoms with Gasteiger partial charge in [-0.05, 0) is 38.1 Å². The highest BCUT2D eigenvalue weighted by atomic mass is 16.6. The van der Waals surface area contributed by atoms with E-state index in [0.29, 0.717) is 5.56 Å². The monoisotopic (exact) mass is 207 g/mol. The van der Waals surface area contributed by atoms with E-state index in [1.54, 1.807) is 24.3 Å². The van der Waals surface area contributed by atoms with Gasteiger partial charge in [0.2, 0.25) is 5.72 Å². The Balaban J connectivity index is 2.78. The van der Waals surface area contributed by atoms with Gasteiger partial charge in [0.15, 0.2) is 0 Å². The Labute approximate surface area is 88.2 Å². The smallest absolute Gasteiger partial charge is 0.340 e. The summed E-state index contributed by atoms with van der Waals surface area (Å²) >= 11 is 0. The van der Waals surface area contributed by atoms with Crippen LogP contribution in [0.1, 0.15) is 29.8 Å². The van der Waals surface area contributed by atoms with Gasteiger partial charge in [-0.15, -0.1) is 4.91 Å². The highest BCUT2D eigenvalue weighted by molar-refractivity contribution is 5.89. The third-order valence-electron chi connectivity index (χ3n) is 1.85. The third-order valence-corrected chi connectivity index (χ3v) is 1.85. The fourth-order valence-electron chi connectivity index (χ4n) is 0.994. The second-order valence-electron chi connectivity index (χ2n) is 3.79. The number of aryl methyl sites for hydroxylation is 1. The summed E-state index contributed by atoms with van der Waals surface area (Å²) in [6.45, 7) is 4.80. The Hall–Kier alpha value is -1.71. The molecule has 0 aliphatic heterocycles. The normalized spacial score (nSPS) is 10.9. The molecule has 15 heavy (non-hydrogen) atoms. The molecule has 0 atom stereocenters. The maximum atomic E-state index is 11.5. The lowest BCUT2D eigenvalue weighted by molar-refractivity contribution is 0.00227. The lowest BCUT2D eigenvalue weighted by Gasteiger charge is -2.16. The predicted octanol–water partition coefficient (Wildman–Crippen LogP) is 2.65. The highest BCUT2D eigenvalue weighted by Gasteiger charge is 2.23. The van der Waals surface area contributed by atoms with Crippen LogP contribution in [0, 0.1) is 11.8 Å². The molecule has 80 valence electrons. The van der Waals surface area contributed by atoms with Crippen molar-refractivity contribution < 1.29 is 9.53 Å². The molecule has 0 spiro atoms. The Morgan fingerprint density at radius 2 is 1.80 bits per heavy atom. The van der Waals surface area contributed by atoms with Crippen molar-refractivity contribution >= 4 is 5.97 Å². The van der Waals surface area contributed by atoms with Gasteiger partial charge in [-0.2, -0.15) is 0 Å². The van der Waals surface area contributed by atoms with E-state index in [0.717, 1.165) is 5.56 Å². The fraction of sp³-hybridized carbons (Fsp3) is 0.364. The summed E-state index contributed by atoms with van der Waals surface area (Å²) in [5.74, 6) is -0.542. The largest absolute Gasteiger partial charge is 0.431 e. The summed E-state index contributed by atoms with van der Waals surface area (Å²) in [6, 6.07) is 6.91. The van der Waals surface area contributed by atoms with Crippen molar-refractivity contribution in [2.75, 3.05) is 0 Å². The topological polar surface area (TPSA) is 55.7 Å². The summed E-state index contributed by atoms with van der Waals surface area (Å²) < 4.78 is 4.89. The summed E-state index contributed by atoms with van der Waals surface area (Å²) in [6.07, 6.45) is 0. The molecule has 0 amide bonds. The molecule has 4 nitrogen and oxygen atoms in total. The molecule has 0 aliphatic carbocycles. The van der Waals surface area contributed by atoms with Crippen LogP contribution in [0.2, 0.25) is 0 Å². The van der Waals surface area contributed by atoms with Gasteiger partial charge in [0.1, 0.15) is 0 Å². The van der Waals surface area contributed by atoms with Gasteiger partial charge < -0.3 is 4.74 Å². The Kier molecular flexibility index (Phi) is 3.19. The van der Waals surface area contributed by atoms with Gasteiger partial charge in [-0.3, -0.25) is 0 Å². The zero-order valence-electron chi connectivity index (χ0n) is 8.98. The standard InChI is InChI=1S/C11H13NO3/c1-8-4-6-9(7-5-8)10(13)15-11(2,3)12-14/h4-7H,1-3H3. The molecule has 0 aliphatic rings. The SMILES string of the molecule is Cc1ccc(C(=O)OC(C)(C)N=O)cc1. The van der Waals surface area contributed by atoms with Crippen LogP contribution in [0.25, 0.3) is 0 Å². The number of ether oxygens (including phenoxy) is 1. The van der Waals surface area contributed by atoms with Crippen molar-refractivity contribution in [2.45, 2.75) is 26.5 Å². The number of nitrogens with zero attached hydrogens (tertiary/aromatic N) is 1. The van der Waals surface area contributed by atoms with Crippen LogP contribution < -0.4 is 0 Å². The maximum Gasteiger partial charge on any atom is 0.340 e. The number of hydrogen-bond acceptors (Lipinski definition) is 4. The van der Waals surface area contributed by atoms with Crippen LogP contribution in [0.15, 0.2) is 29.4 Å². The minimum atomic E-state index is -1.32. The van der Waals surface area contributed by atoms with E-state index in [4.69, 9.17) is 4.74 Å². The first kappa shape index (κ1) is 11.4. The van der Waals surface area contributed by atoms with Crippen molar-refractivity contribution in [1.29, 1.82) is 0 Å². The summed E-state index contributed by atoms with van der Waals surface area (Å²) in [4.78, 5) is 21.8. The molecule has 0 saturated carbocycles. The average Bonchev–Trinajstić information content (AvgIpc) is 2.18. The van der Waals surface area contributed by atoms with Gasteiger partial charge in [0.05, 0.1) is 5.56 Å². The van der Waals surface area contributed by atoms with Crippen molar-refractivity contribution in [2.24, 2.45) is 5.18 Å². The van der Waals surface area contributed by atoms with E-state index in [2.05, 4.69) is 5.18 Å². The van der Waals surface area contributed by atoms with E-state index >= 15 is 0 Å². The lowest BCUT2D eigenvalue weighted by atomic mass is 10.1. The van der Waals surface area contributed by atoms with Crippen LogP contribution >= 0.6 is 0 Å². The molecule has 1 aromatic rings. The lowest BCUT2D eigenvalue weighted by Crippen LogP contribution is -2.25. The Morgan fingerprint density at radius 1 is 1.27 bits per heavy atom. The second kappa shape index (κ2) is 4.21.